The number of hydrogen-bond donors (Lipinski definition) is 1. The van der Waals surface area contributed by atoms with Crippen LogP contribution in [0.4, 0.5) is 0 Å². The van der Waals surface area contributed by atoms with E-state index in [1.807, 2.05) is 0 Å². The Morgan fingerprint density at radius 2 is 2.36 bits per heavy atom. The predicted octanol–water partition coefficient (Wildman–Crippen LogP) is 1.66. The van der Waals surface area contributed by atoms with Gasteiger partial charge in [-0.25, -0.2) is 0 Å². The highest BCUT2D eigenvalue weighted by Gasteiger charge is 2.44. The van der Waals surface area contributed by atoms with Crippen molar-refractivity contribution in [1.29, 1.82) is 0 Å². The summed E-state index contributed by atoms with van der Waals surface area (Å²) in [5, 5.41) is 0. The van der Waals surface area contributed by atoms with E-state index >= 15 is 0 Å². The van der Waals surface area contributed by atoms with Gasteiger partial charge in [-0.1, -0.05) is 19.8 Å². The van der Waals surface area contributed by atoms with Crippen LogP contribution < -0.4 is 5.73 Å². The van der Waals surface area contributed by atoms with Crippen molar-refractivity contribution in [3.05, 3.63) is 0 Å². The van der Waals surface area contributed by atoms with Crippen LogP contribution in [0, 0.1) is 5.92 Å². The molecule has 3 atom stereocenters. The SMILES string of the molecule is CCC1CCCC2(C1)OCC(CN)O2. The summed E-state index contributed by atoms with van der Waals surface area (Å²) >= 11 is 0. The Morgan fingerprint density at radius 1 is 1.50 bits per heavy atom. The molecule has 14 heavy (non-hydrogen) atoms. The van der Waals surface area contributed by atoms with Gasteiger partial charge in [-0.3, -0.25) is 0 Å². The number of hydrogen-bond acceptors (Lipinski definition) is 3. The first kappa shape index (κ1) is 10.4. The molecule has 0 aromatic carbocycles. The van der Waals surface area contributed by atoms with Gasteiger partial charge in [0.25, 0.3) is 0 Å². The molecule has 1 saturated carbocycles. The largest absolute Gasteiger partial charge is 0.347 e. The van der Waals surface area contributed by atoms with Crippen LogP contribution in [0.2, 0.25) is 0 Å². The Morgan fingerprint density at radius 3 is 3.00 bits per heavy atom. The third kappa shape index (κ3) is 1.95. The van der Waals surface area contributed by atoms with Crippen LogP contribution in [0.5, 0.6) is 0 Å². The fourth-order valence-corrected chi connectivity index (χ4v) is 2.62. The zero-order chi connectivity index (χ0) is 10.0. The quantitative estimate of drug-likeness (QED) is 0.735. The molecular formula is C11H21NO2. The van der Waals surface area contributed by atoms with E-state index in [1.165, 1.54) is 19.3 Å². The Hall–Kier alpha value is -0.120. The molecule has 3 nitrogen and oxygen atoms in total. The van der Waals surface area contributed by atoms with Crippen LogP contribution in [-0.2, 0) is 9.47 Å². The second-order valence-electron chi connectivity index (χ2n) is 4.57. The van der Waals surface area contributed by atoms with Gasteiger partial charge in [0.1, 0.15) is 0 Å². The molecule has 2 fully saturated rings. The normalized spacial score (nSPS) is 43.3. The van der Waals surface area contributed by atoms with Crippen molar-refractivity contribution in [2.75, 3.05) is 13.2 Å². The highest BCUT2D eigenvalue weighted by atomic mass is 16.7. The third-order valence-electron chi connectivity index (χ3n) is 3.52. The Labute approximate surface area is 85.9 Å². The number of nitrogens with two attached hydrogens (primary N) is 1. The Balaban J connectivity index is 1.95. The first-order chi connectivity index (χ1) is 6.78. The summed E-state index contributed by atoms with van der Waals surface area (Å²) in [6.45, 7) is 3.52. The monoisotopic (exact) mass is 199 g/mol. The molecule has 1 aliphatic heterocycles. The van der Waals surface area contributed by atoms with E-state index in [0.29, 0.717) is 13.2 Å². The maximum absolute atomic E-state index is 5.92. The zero-order valence-corrected chi connectivity index (χ0v) is 9.00. The fourth-order valence-electron chi connectivity index (χ4n) is 2.62. The summed E-state index contributed by atoms with van der Waals surface area (Å²) in [5.74, 6) is 0.517. The summed E-state index contributed by atoms with van der Waals surface area (Å²) in [6, 6.07) is 0. The lowest BCUT2D eigenvalue weighted by Gasteiger charge is -2.36. The van der Waals surface area contributed by atoms with Crippen molar-refractivity contribution < 1.29 is 9.47 Å². The van der Waals surface area contributed by atoms with Crippen molar-refractivity contribution in [2.45, 2.75) is 50.9 Å². The van der Waals surface area contributed by atoms with Gasteiger partial charge in [0, 0.05) is 19.4 Å². The van der Waals surface area contributed by atoms with Gasteiger partial charge in [0.2, 0.25) is 0 Å². The average molecular weight is 199 g/mol. The lowest BCUT2D eigenvalue weighted by molar-refractivity contribution is -0.195. The van der Waals surface area contributed by atoms with E-state index in [-0.39, 0.29) is 11.9 Å². The molecule has 0 bridgehead atoms. The predicted molar refractivity (Wildman–Crippen MR) is 54.9 cm³/mol. The van der Waals surface area contributed by atoms with Gasteiger partial charge < -0.3 is 15.2 Å². The molecule has 82 valence electrons. The first-order valence-electron chi connectivity index (χ1n) is 5.80. The van der Waals surface area contributed by atoms with Gasteiger partial charge in [-0.15, -0.1) is 0 Å². The third-order valence-corrected chi connectivity index (χ3v) is 3.52. The van der Waals surface area contributed by atoms with Crippen LogP contribution in [0.25, 0.3) is 0 Å². The minimum absolute atomic E-state index is 0.130. The number of rotatable bonds is 2. The molecule has 2 rings (SSSR count). The lowest BCUT2D eigenvalue weighted by atomic mass is 9.83. The highest BCUT2D eigenvalue weighted by molar-refractivity contribution is 4.85. The van der Waals surface area contributed by atoms with Gasteiger partial charge in [0.15, 0.2) is 5.79 Å². The maximum Gasteiger partial charge on any atom is 0.169 e. The van der Waals surface area contributed by atoms with E-state index in [0.717, 1.165) is 18.8 Å². The highest BCUT2D eigenvalue weighted by Crippen LogP contribution is 2.41. The van der Waals surface area contributed by atoms with Crippen LogP contribution in [0.1, 0.15) is 39.0 Å². The van der Waals surface area contributed by atoms with Crippen LogP contribution >= 0.6 is 0 Å². The summed E-state index contributed by atoms with van der Waals surface area (Å²) in [6.07, 6.45) is 6.06. The van der Waals surface area contributed by atoms with E-state index in [1.54, 1.807) is 0 Å². The van der Waals surface area contributed by atoms with Gasteiger partial charge in [-0.2, -0.15) is 0 Å². The van der Waals surface area contributed by atoms with Gasteiger partial charge >= 0.3 is 0 Å². The topological polar surface area (TPSA) is 44.5 Å². The molecule has 3 heteroatoms. The Kier molecular flexibility index (Phi) is 3.10. The van der Waals surface area contributed by atoms with Crippen LogP contribution in [0.15, 0.2) is 0 Å². The minimum atomic E-state index is -0.261. The summed E-state index contributed by atoms with van der Waals surface area (Å²) in [4.78, 5) is 0. The van der Waals surface area contributed by atoms with Gasteiger partial charge in [0.05, 0.1) is 12.7 Å². The molecule has 1 spiro atoms. The van der Waals surface area contributed by atoms with Crippen molar-refractivity contribution in [2.24, 2.45) is 11.7 Å². The minimum Gasteiger partial charge on any atom is -0.347 e. The van der Waals surface area contributed by atoms with Crippen molar-refractivity contribution in [1.82, 2.24) is 0 Å². The van der Waals surface area contributed by atoms with E-state index in [9.17, 15) is 0 Å². The smallest absolute Gasteiger partial charge is 0.169 e. The van der Waals surface area contributed by atoms with Crippen LogP contribution in [-0.4, -0.2) is 25.0 Å². The van der Waals surface area contributed by atoms with E-state index in [2.05, 4.69) is 6.92 Å². The van der Waals surface area contributed by atoms with Crippen molar-refractivity contribution in [3.8, 4) is 0 Å². The van der Waals surface area contributed by atoms with E-state index < -0.39 is 0 Å². The number of ether oxygens (including phenoxy) is 2. The second-order valence-corrected chi connectivity index (χ2v) is 4.57. The molecule has 1 aliphatic carbocycles. The van der Waals surface area contributed by atoms with Crippen LogP contribution in [0.3, 0.4) is 0 Å². The second kappa shape index (κ2) is 4.17. The first-order valence-corrected chi connectivity index (χ1v) is 5.80. The zero-order valence-electron chi connectivity index (χ0n) is 9.00. The molecular weight excluding hydrogens is 178 g/mol. The molecule has 2 aliphatic rings. The maximum atomic E-state index is 5.92. The van der Waals surface area contributed by atoms with E-state index in [4.69, 9.17) is 15.2 Å². The summed E-state index contributed by atoms with van der Waals surface area (Å²) < 4.78 is 11.7. The molecule has 0 amide bonds. The molecule has 0 aromatic heterocycles. The molecule has 2 N–H and O–H groups in total. The standard InChI is InChI=1S/C11H21NO2/c1-2-9-4-3-5-11(6-9)13-8-10(7-12)14-11/h9-10H,2-8,12H2,1H3. The van der Waals surface area contributed by atoms with Gasteiger partial charge in [-0.05, 0) is 12.3 Å². The summed E-state index contributed by atoms with van der Waals surface area (Å²) in [7, 11) is 0. The average Bonchev–Trinajstić information content (AvgIpc) is 2.61. The fraction of sp³-hybridized carbons (Fsp3) is 1.00. The summed E-state index contributed by atoms with van der Waals surface area (Å²) in [5.41, 5.74) is 5.59. The van der Waals surface area contributed by atoms with Crippen molar-refractivity contribution in [3.63, 3.8) is 0 Å². The molecule has 1 heterocycles. The molecule has 0 radical (unpaired) electrons. The molecule has 1 saturated heterocycles. The lowest BCUT2D eigenvalue weighted by Crippen LogP contribution is -2.37. The van der Waals surface area contributed by atoms with Crippen molar-refractivity contribution >= 4 is 0 Å². The molecule has 0 aromatic rings. The Bertz CT molecular complexity index is 198. The molecule has 3 unspecified atom stereocenters.